The lowest BCUT2D eigenvalue weighted by atomic mass is 9.78. The highest BCUT2D eigenvalue weighted by Crippen LogP contribution is 2.47. The van der Waals surface area contributed by atoms with Gasteiger partial charge in [0, 0.05) is 30.6 Å². The number of aliphatic carboxylic acids is 1. The molecule has 1 aromatic rings. The van der Waals surface area contributed by atoms with Gasteiger partial charge >= 0.3 is 5.97 Å². The van der Waals surface area contributed by atoms with Crippen LogP contribution in [-0.2, 0) is 4.79 Å². The number of likely N-dealkylation sites (tertiary alicyclic amines) is 1. The zero-order valence-electron chi connectivity index (χ0n) is 15.8. The summed E-state index contributed by atoms with van der Waals surface area (Å²) in [5, 5.41) is 13.1. The predicted octanol–water partition coefficient (Wildman–Crippen LogP) is 2.90. The molecule has 0 amide bonds. The molecule has 5 nitrogen and oxygen atoms in total. The van der Waals surface area contributed by atoms with E-state index in [1.54, 1.807) is 12.1 Å². The molecule has 1 aromatic carbocycles. The second-order valence-electron chi connectivity index (χ2n) is 8.76. The average molecular weight is 376 g/mol. The fraction of sp³-hybridized carbons (Fsp3) is 0.667. The van der Waals surface area contributed by atoms with Gasteiger partial charge in [-0.3, -0.25) is 4.79 Å². The molecule has 2 saturated carbocycles. The topological polar surface area (TPSA) is 61.8 Å². The van der Waals surface area contributed by atoms with Gasteiger partial charge in [0.2, 0.25) is 0 Å². The van der Waals surface area contributed by atoms with Crippen LogP contribution >= 0.6 is 0 Å². The summed E-state index contributed by atoms with van der Waals surface area (Å²) in [6.45, 7) is 3.93. The number of nitrogens with zero attached hydrogens (tertiary/aromatic N) is 1. The summed E-state index contributed by atoms with van der Waals surface area (Å²) in [5.74, 6) is -0.355. The van der Waals surface area contributed by atoms with Crippen molar-refractivity contribution in [3.05, 3.63) is 30.1 Å². The van der Waals surface area contributed by atoms with Crippen LogP contribution in [0.1, 0.15) is 38.5 Å². The third-order valence-corrected chi connectivity index (χ3v) is 6.43. The Morgan fingerprint density at radius 1 is 1.26 bits per heavy atom. The fourth-order valence-electron chi connectivity index (χ4n) is 4.02. The lowest BCUT2D eigenvalue weighted by molar-refractivity contribution is -0.144. The van der Waals surface area contributed by atoms with Gasteiger partial charge in [-0.2, -0.15) is 0 Å². The number of carboxylic acids is 1. The maximum atomic E-state index is 13.4. The Hall–Kier alpha value is -1.66. The van der Waals surface area contributed by atoms with Gasteiger partial charge in [-0.25, -0.2) is 4.39 Å². The second kappa shape index (κ2) is 7.40. The lowest BCUT2D eigenvalue weighted by Gasteiger charge is -2.42. The number of hydrogen-bond acceptors (Lipinski definition) is 4. The summed E-state index contributed by atoms with van der Waals surface area (Å²) in [6, 6.07) is 6.95. The van der Waals surface area contributed by atoms with Crippen LogP contribution < -0.4 is 10.1 Å². The van der Waals surface area contributed by atoms with E-state index < -0.39 is 11.4 Å². The predicted molar refractivity (Wildman–Crippen MR) is 100 cm³/mol. The van der Waals surface area contributed by atoms with Gasteiger partial charge in [-0.05, 0) is 63.7 Å². The van der Waals surface area contributed by atoms with Crippen molar-refractivity contribution >= 4 is 5.97 Å². The average Bonchev–Trinajstić information content (AvgIpc) is 3.56. The summed E-state index contributed by atoms with van der Waals surface area (Å²) in [5.41, 5.74) is -0.477. The summed E-state index contributed by atoms with van der Waals surface area (Å²) in [4.78, 5) is 13.8. The van der Waals surface area contributed by atoms with Crippen LogP contribution in [0.15, 0.2) is 24.3 Å². The van der Waals surface area contributed by atoms with Crippen molar-refractivity contribution in [3.63, 3.8) is 0 Å². The molecular formula is C21H29FN2O3. The molecule has 1 heterocycles. The highest BCUT2D eigenvalue weighted by Gasteiger charge is 2.51. The Kier molecular flexibility index (Phi) is 5.12. The van der Waals surface area contributed by atoms with Crippen molar-refractivity contribution in [2.24, 2.45) is 10.8 Å². The number of hydrogen-bond donors (Lipinski definition) is 2. The molecule has 3 aliphatic rings. The van der Waals surface area contributed by atoms with E-state index in [1.165, 1.54) is 25.0 Å². The minimum atomic E-state index is -0.649. The number of benzene rings is 1. The third-order valence-electron chi connectivity index (χ3n) is 6.43. The SMILES string of the molecule is O=C(O)C1(CN2CCC(CNC3CC3)(COc3cccc(F)c3)CC2)CC1. The molecule has 0 aromatic heterocycles. The molecule has 148 valence electrons. The van der Waals surface area contributed by atoms with Gasteiger partial charge in [-0.15, -0.1) is 0 Å². The summed E-state index contributed by atoms with van der Waals surface area (Å²) in [7, 11) is 0. The van der Waals surface area contributed by atoms with E-state index in [0.717, 1.165) is 45.3 Å². The van der Waals surface area contributed by atoms with E-state index in [1.807, 2.05) is 0 Å². The van der Waals surface area contributed by atoms with Crippen LogP contribution in [0, 0.1) is 16.6 Å². The standard InChI is InChI=1S/C21H29FN2O3/c22-16-2-1-3-18(12-16)27-15-20(13-23-17-4-5-17)8-10-24(11-9-20)14-21(6-7-21)19(25)26/h1-3,12,17,23H,4-11,13-15H2,(H,25,26). The van der Waals surface area contributed by atoms with Gasteiger partial charge < -0.3 is 20.1 Å². The molecule has 0 unspecified atom stereocenters. The Morgan fingerprint density at radius 3 is 2.59 bits per heavy atom. The van der Waals surface area contributed by atoms with Crippen LogP contribution in [0.2, 0.25) is 0 Å². The molecule has 0 spiro atoms. The number of rotatable bonds is 9. The van der Waals surface area contributed by atoms with Gasteiger partial charge in [0.15, 0.2) is 0 Å². The molecule has 6 heteroatoms. The van der Waals surface area contributed by atoms with Crippen LogP contribution in [-0.4, -0.2) is 54.8 Å². The lowest BCUT2D eigenvalue weighted by Crippen LogP contribution is -2.50. The number of carboxylic acid groups (broad SMARTS) is 1. The van der Waals surface area contributed by atoms with Crippen molar-refractivity contribution in [1.29, 1.82) is 0 Å². The smallest absolute Gasteiger partial charge is 0.310 e. The normalized spacial score (nSPS) is 23.7. The molecule has 3 fully saturated rings. The monoisotopic (exact) mass is 376 g/mol. The van der Waals surface area contributed by atoms with Gasteiger partial charge in [-0.1, -0.05) is 6.07 Å². The molecule has 1 saturated heterocycles. The highest BCUT2D eigenvalue weighted by atomic mass is 19.1. The molecule has 0 bridgehead atoms. The number of piperidine rings is 1. The van der Waals surface area contributed by atoms with Crippen molar-refractivity contribution in [2.75, 3.05) is 32.8 Å². The first kappa shape index (κ1) is 18.7. The summed E-state index contributed by atoms with van der Waals surface area (Å²) in [6.07, 6.45) is 6.03. The highest BCUT2D eigenvalue weighted by molar-refractivity contribution is 5.78. The van der Waals surface area contributed by atoms with E-state index in [-0.39, 0.29) is 11.2 Å². The number of ether oxygens (including phenoxy) is 1. The van der Waals surface area contributed by atoms with E-state index in [9.17, 15) is 14.3 Å². The van der Waals surface area contributed by atoms with Crippen LogP contribution in [0.5, 0.6) is 5.75 Å². The zero-order chi connectivity index (χ0) is 18.9. The minimum absolute atomic E-state index is 0.0192. The van der Waals surface area contributed by atoms with Crippen molar-refractivity contribution in [2.45, 2.75) is 44.6 Å². The largest absolute Gasteiger partial charge is 0.493 e. The summed E-state index contributed by atoms with van der Waals surface area (Å²) >= 11 is 0. The Bertz CT molecular complexity index is 680. The molecule has 1 aliphatic heterocycles. The number of nitrogens with one attached hydrogen (secondary N) is 1. The molecule has 0 radical (unpaired) electrons. The van der Waals surface area contributed by atoms with E-state index in [2.05, 4.69) is 10.2 Å². The summed E-state index contributed by atoms with van der Waals surface area (Å²) < 4.78 is 19.4. The van der Waals surface area contributed by atoms with Crippen molar-refractivity contribution < 1.29 is 19.0 Å². The quantitative estimate of drug-likeness (QED) is 0.694. The Morgan fingerprint density at radius 2 is 2.00 bits per heavy atom. The molecule has 4 rings (SSSR count). The molecule has 2 aliphatic carbocycles. The van der Waals surface area contributed by atoms with Gasteiger partial charge in [0.05, 0.1) is 12.0 Å². The Balaban J connectivity index is 1.35. The van der Waals surface area contributed by atoms with E-state index >= 15 is 0 Å². The maximum Gasteiger partial charge on any atom is 0.310 e. The maximum absolute atomic E-state index is 13.4. The van der Waals surface area contributed by atoms with Gasteiger partial charge in [0.25, 0.3) is 0 Å². The third kappa shape index (κ3) is 4.61. The molecular weight excluding hydrogens is 347 g/mol. The van der Waals surface area contributed by atoms with Crippen molar-refractivity contribution in [1.82, 2.24) is 10.2 Å². The number of halogens is 1. The first-order valence-electron chi connectivity index (χ1n) is 10.1. The molecule has 27 heavy (non-hydrogen) atoms. The van der Waals surface area contributed by atoms with Crippen molar-refractivity contribution in [3.8, 4) is 5.75 Å². The van der Waals surface area contributed by atoms with E-state index in [4.69, 9.17) is 4.74 Å². The van der Waals surface area contributed by atoms with Crippen LogP contribution in [0.25, 0.3) is 0 Å². The zero-order valence-corrected chi connectivity index (χ0v) is 15.8. The van der Waals surface area contributed by atoms with E-state index in [0.29, 0.717) is 24.9 Å². The first-order valence-corrected chi connectivity index (χ1v) is 10.1. The second-order valence-corrected chi connectivity index (χ2v) is 8.76. The minimum Gasteiger partial charge on any atom is -0.493 e. The number of carbonyl (C=O) groups is 1. The fourth-order valence-corrected chi connectivity index (χ4v) is 4.02. The first-order chi connectivity index (χ1) is 13.0. The molecule has 2 N–H and O–H groups in total. The molecule has 0 atom stereocenters. The Labute approximate surface area is 159 Å². The van der Waals surface area contributed by atoms with Gasteiger partial charge in [0.1, 0.15) is 11.6 Å². The van der Waals surface area contributed by atoms with Crippen LogP contribution in [0.4, 0.5) is 4.39 Å². The van der Waals surface area contributed by atoms with Crippen LogP contribution in [0.3, 0.4) is 0 Å².